The van der Waals surface area contributed by atoms with Crippen molar-refractivity contribution >= 4 is 0 Å². The third kappa shape index (κ3) is 5.53. The molecule has 1 unspecified atom stereocenters. The molecule has 1 aromatic heterocycles. The molecule has 0 spiro atoms. The van der Waals surface area contributed by atoms with Crippen LogP contribution >= 0.6 is 0 Å². The summed E-state index contributed by atoms with van der Waals surface area (Å²) in [6.45, 7) is 4.37. The zero-order chi connectivity index (χ0) is 11.1. The predicted molar refractivity (Wildman–Crippen MR) is 62.6 cm³/mol. The highest BCUT2D eigenvalue weighted by Crippen LogP contribution is 2.11. The number of aromatic nitrogens is 1. The predicted octanol–water partition coefficient (Wildman–Crippen LogP) is 2.81. The molecular formula is C13H21NO. The van der Waals surface area contributed by atoms with Crippen LogP contribution < -0.4 is 0 Å². The van der Waals surface area contributed by atoms with Crippen LogP contribution in [0.25, 0.3) is 0 Å². The van der Waals surface area contributed by atoms with Crippen LogP contribution in [-0.4, -0.2) is 16.2 Å². The fraction of sp³-hybridized carbons (Fsp3) is 0.615. The first kappa shape index (κ1) is 12.2. The van der Waals surface area contributed by atoms with Gasteiger partial charge in [-0.2, -0.15) is 0 Å². The molecule has 2 nitrogen and oxygen atoms in total. The number of pyridine rings is 1. The van der Waals surface area contributed by atoms with E-state index in [1.165, 1.54) is 0 Å². The first-order chi connectivity index (χ1) is 7.18. The van der Waals surface area contributed by atoms with Gasteiger partial charge in [-0.1, -0.05) is 19.9 Å². The molecule has 2 heteroatoms. The Morgan fingerprint density at radius 3 is 2.60 bits per heavy atom. The van der Waals surface area contributed by atoms with Crippen molar-refractivity contribution in [1.82, 2.24) is 4.98 Å². The fourth-order valence-corrected chi connectivity index (χ4v) is 1.53. The van der Waals surface area contributed by atoms with E-state index in [-0.39, 0.29) is 6.10 Å². The first-order valence-corrected chi connectivity index (χ1v) is 5.76. The lowest BCUT2D eigenvalue weighted by Crippen LogP contribution is -2.09. The van der Waals surface area contributed by atoms with Crippen molar-refractivity contribution in [2.45, 2.75) is 45.6 Å². The van der Waals surface area contributed by atoms with Gasteiger partial charge in [0.1, 0.15) is 0 Å². The van der Waals surface area contributed by atoms with E-state index < -0.39 is 0 Å². The second kappa shape index (κ2) is 6.57. The summed E-state index contributed by atoms with van der Waals surface area (Å²) >= 11 is 0. The number of nitrogens with zero attached hydrogens (tertiary/aromatic N) is 1. The van der Waals surface area contributed by atoms with E-state index in [1.807, 2.05) is 18.2 Å². The Hall–Kier alpha value is -0.890. The van der Waals surface area contributed by atoms with Crippen molar-refractivity contribution in [1.29, 1.82) is 0 Å². The average Bonchev–Trinajstić information content (AvgIpc) is 2.25. The number of aliphatic hydroxyl groups excluding tert-OH is 1. The van der Waals surface area contributed by atoms with Crippen LogP contribution in [0.15, 0.2) is 24.4 Å². The van der Waals surface area contributed by atoms with Gasteiger partial charge in [0, 0.05) is 11.9 Å². The zero-order valence-corrected chi connectivity index (χ0v) is 9.69. The first-order valence-electron chi connectivity index (χ1n) is 5.76. The zero-order valence-electron chi connectivity index (χ0n) is 9.69. The van der Waals surface area contributed by atoms with Crippen LogP contribution in [0.2, 0.25) is 0 Å². The van der Waals surface area contributed by atoms with Gasteiger partial charge in [0.25, 0.3) is 0 Å². The van der Waals surface area contributed by atoms with Crippen molar-refractivity contribution in [2.75, 3.05) is 0 Å². The molecular weight excluding hydrogens is 186 g/mol. The highest BCUT2D eigenvalue weighted by Gasteiger charge is 2.06. The highest BCUT2D eigenvalue weighted by molar-refractivity contribution is 5.03. The van der Waals surface area contributed by atoms with E-state index in [0.29, 0.717) is 5.92 Å². The Morgan fingerprint density at radius 2 is 2.00 bits per heavy atom. The minimum absolute atomic E-state index is 0.172. The standard InChI is InChI=1S/C13H21NO/c1-11(2)6-8-13(15)9-7-12-5-3-4-10-14-12/h3-5,10-11,13,15H,6-9H2,1-2H3. The summed E-state index contributed by atoms with van der Waals surface area (Å²) in [5, 5.41) is 9.73. The Bertz CT molecular complexity index is 258. The Labute approximate surface area is 92.4 Å². The molecule has 1 heterocycles. The summed E-state index contributed by atoms with van der Waals surface area (Å²) < 4.78 is 0. The van der Waals surface area contributed by atoms with Crippen LogP contribution in [-0.2, 0) is 6.42 Å². The molecule has 0 aliphatic rings. The van der Waals surface area contributed by atoms with Crippen molar-refractivity contribution in [3.05, 3.63) is 30.1 Å². The quantitative estimate of drug-likeness (QED) is 0.778. The van der Waals surface area contributed by atoms with Crippen LogP contribution in [0.1, 0.15) is 38.8 Å². The molecule has 15 heavy (non-hydrogen) atoms. The Balaban J connectivity index is 2.19. The molecule has 0 aliphatic carbocycles. The molecule has 0 aromatic carbocycles. The van der Waals surface area contributed by atoms with Gasteiger partial charge in [0.2, 0.25) is 0 Å². The number of hydrogen-bond acceptors (Lipinski definition) is 2. The molecule has 1 atom stereocenters. The SMILES string of the molecule is CC(C)CCC(O)CCc1ccccn1. The van der Waals surface area contributed by atoms with Crippen LogP contribution in [0.4, 0.5) is 0 Å². The van der Waals surface area contributed by atoms with Crippen molar-refractivity contribution < 1.29 is 5.11 Å². The number of hydrogen-bond donors (Lipinski definition) is 1. The Morgan fingerprint density at radius 1 is 1.20 bits per heavy atom. The largest absolute Gasteiger partial charge is 0.393 e. The second-order valence-electron chi connectivity index (χ2n) is 4.48. The summed E-state index contributed by atoms with van der Waals surface area (Å²) in [5.41, 5.74) is 1.07. The summed E-state index contributed by atoms with van der Waals surface area (Å²) in [7, 11) is 0. The molecule has 0 saturated carbocycles. The van der Waals surface area contributed by atoms with Gasteiger partial charge in [-0.05, 0) is 43.7 Å². The van der Waals surface area contributed by atoms with Crippen molar-refractivity contribution in [2.24, 2.45) is 5.92 Å². The molecule has 0 bridgehead atoms. The minimum atomic E-state index is -0.172. The maximum absolute atomic E-state index is 9.73. The van der Waals surface area contributed by atoms with Crippen LogP contribution in [0.5, 0.6) is 0 Å². The number of aryl methyl sites for hydroxylation is 1. The summed E-state index contributed by atoms with van der Waals surface area (Å²) in [4.78, 5) is 4.23. The van der Waals surface area contributed by atoms with Gasteiger partial charge < -0.3 is 5.11 Å². The average molecular weight is 207 g/mol. The van der Waals surface area contributed by atoms with Gasteiger partial charge in [-0.25, -0.2) is 0 Å². The molecule has 1 rings (SSSR count). The maximum atomic E-state index is 9.73. The van der Waals surface area contributed by atoms with Gasteiger partial charge in [-0.15, -0.1) is 0 Å². The maximum Gasteiger partial charge on any atom is 0.0544 e. The fourth-order valence-electron chi connectivity index (χ4n) is 1.53. The van der Waals surface area contributed by atoms with Gasteiger partial charge in [0.05, 0.1) is 6.10 Å². The second-order valence-corrected chi connectivity index (χ2v) is 4.48. The summed E-state index contributed by atoms with van der Waals surface area (Å²) in [6, 6.07) is 5.91. The topological polar surface area (TPSA) is 33.1 Å². The van der Waals surface area contributed by atoms with Gasteiger partial charge in [0.15, 0.2) is 0 Å². The van der Waals surface area contributed by atoms with Crippen molar-refractivity contribution in [3.8, 4) is 0 Å². The molecule has 0 aliphatic heterocycles. The lowest BCUT2D eigenvalue weighted by atomic mass is 10.0. The minimum Gasteiger partial charge on any atom is -0.393 e. The van der Waals surface area contributed by atoms with Gasteiger partial charge >= 0.3 is 0 Å². The van der Waals surface area contributed by atoms with Crippen LogP contribution in [0.3, 0.4) is 0 Å². The third-order valence-electron chi connectivity index (χ3n) is 2.54. The number of aliphatic hydroxyl groups is 1. The molecule has 0 fully saturated rings. The summed E-state index contributed by atoms with van der Waals surface area (Å²) in [6.07, 6.45) is 5.34. The third-order valence-corrected chi connectivity index (χ3v) is 2.54. The van der Waals surface area contributed by atoms with E-state index in [9.17, 15) is 5.11 Å². The molecule has 0 amide bonds. The van der Waals surface area contributed by atoms with Gasteiger partial charge in [-0.3, -0.25) is 4.98 Å². The molecule has 84 valence electrons. The number of rotatable bonds is 6. The smallest absolute Gasteiger partial charge is 0.0544 e. The summed E-state index contributed by atoms with van der Waals surface area (Å²) in [5.74, 6) is 0.675. The van der Waals surface area contributed by atoms with E-state index in [0.717, 1.165) is 31.4 Å². The van der Waals surface area contributed by atoms with Crippen molar-refractivity contribution in [3.63, 3.8) is 0 Å². The van der Waals surface area contributed by atoms with E-state index >= 15 is 0 Å². The normalized spacial score (nSPS) is 13.1. The molecule has 0 radical (unpaired) electrons. The lowest BCUT2D eigenvalue weighted by Gasteiger charge is -2.11. The molecule has 1 aromatic rings. The molecule has 0 saturated heterocycles. The van der Waals surface area contributed by atoms with E-state index in [4.69, 9.17) is 0 Å². The molecule has 1 N–H and O–H groups in total. The lowest BCUT2D eigenvalue weighted by molar-refractivity contribution is 0.147. The Kier molecular flexibility index (Phi) is 5.33. The van der Waals surface area contributed by atoms with E-state index in [2.05, 4.69) is 18.8 Å². The monoisotopic (exact) mass is 207 g/mol. The highest BCUT2D eigenvalue weighted by atomic mass is 16.3. The van der Waals surface area contributed by atoms with E-state index in [1.54, 1.807) is 6.20 Å². The van der Waals surface area contributed by atoms with Crippen LogP contribution in [0, 0.1) is 5.92 Å².